The quantitative estimate of drug-likeness (QED) is 0.324. The molecule has 2 heterocycles. The van der Waals surface area contributed by atoms with E-state index in [1.54, 1.807) is 17.0 Å². The zero-order valence-corrected chi connectivity index (χ0v) is 20.3. The number of nitrogens with one attached hydrogen (secondary N) is 1. The topological polar surface area (TPSA) is 95.0 Å². The van der Waals surface area contributed by atoms with Crippen molar-refractivity contribution in [2.24, 2.45) is 0 Å². The van der Waals surface area contributed by atoms with Gasteiger partial charge in [0.25, 0.3) is 0 Å². The number of para-hydroxylation sites is 1. The lowest BCUT2D eigenvalue weighted by molar-refractivity contribution is 0.0754. The van der Waals surface area contributed by atoms with Crippen molar-refractivity contribution in [3.63, 3.8) is 0 Å². The second-order valence-electron chi connectivity index (χ2n) is 8.78. The average Bonchev–Trinajstić information content (AvgIpc) is 3.27. The Balaban J connectivity index is 1.47. The molecule has 1 amide bonds. The Hall–Kier alpha value is -3.52. The first-order valence-electron chi connectivity index (χ1n) is 11.9. The van der Waals surface area contributed by atoms with Crippen molar-refractivity contribution in [1.29, 1.82) is 0 Å². The van der Waals surface area contributed by atoms with Crippen molar-refractivity contribution >= 4 is 28.6 Å². The van der Waals surface area contributed by atoms with E-state index >= 15 is 0 Å². The number of aromatic nitrogens is 1. The predicted molar refractivity (Wildman–Crippen MR) is 138 cm³/mol. The van der Waals surface area contributed by atoms with E-state index in [-0.39, 0.29) is 19.3 Å². The molecule has 3 aromatic carbocycles. The van der Waals surface area contributed by atoms with Gasteiger partial charge in [-0.2, -0.15) is 0 Å². The zero-order valence-electron chi connectivity index (χ0n) is 19.6. The first-order valence-corrected chi connectivity index (χ1v) is 12.3. The minimum atomic E-state index is -0.801. The summed E-state index contributed by atoms with van der Waals surface area (Å²) in [5.74, 6) is 1.13. The van der Waals surface area contributed by atoms with Crippen molar-refractivity contribution in [2.45, 2.75) is 25.0 Å². The Bertz CT molecular complexity index is 1340. The van der Waals surface area contributed by atoms with Crippen molar-refractivity contribution in [2.75, 3.05) is 19.8 Å². The van der Waals surface area contributed by atoms with Crippen LogP contribution in [0.5, 0.6) is 11.5 Å². The maximum Gasteiger partial charge on any atom is 0.416 e. The third kappa shape index (κ3) is 5.04. The molecule has 0 saturated heterocycles. The number of H-pyrrole nitrogens is 1. The molecule has 0 spiro atoms. The Morgan fingerprint density at radius 1 is 1.08 bits per heavy atom. The number of ether oxygens (including phenoxy) is 2. The number of aromatic amines is 1. The fourth-order valence-electron chi connectivity index (χ4n) is 4.60. The molecule has 186 valence electrons. The summed E-state index contributed by atoms with van der Waals surface area (Å²) in [5, 5.41) is 20.2. The van der Waals surface area contributed by atoms with Crippen LogP contribution in [0.15, 0.2) is 72.8 Å². The van der Waals surface area contributed by atoms with Gasteiger partial charge in [0.2, 0.25) is 0 Å². The molecule has 4 aromatic rings. The van der Waals surface area contributed by atoms with Crippen molar-refractivity contribution in [3.05, 3.63) is 94.6 Å². The number of halogens is 1. The van der Waals surface area contributed by atoms with E-state index in [4.69, 9.17) is 26.2 Å². The highest BCUT2D eigenvalue weighted by atomic mass is 35.5. The second kappa shape index (κ2) is 10.6. The van der Waals surface area contributed by atoms with Crippen LogP contribution in [0.4, 0.5) is 4.79 Å². The van der Waals surface area contributed by atoms with Crippen LogP contribution in [0.2, 0.25) is 5.02 Å². The summed E-state index contributed by atoms with van der Waals surface area (Å²) >= 11 is 6.29. The normalized spacial score (nSPS) is 16.0. The van der Waals surface area contributed by atoms with E-state index in [1.807, 2.05) is 60.7 Å². The molecule has 0 aliphatic carbocycles. The lowest BCUT2D eigenvalue weighted by Crippen LogP contribution is -2.42. The molecule has 36 heavy (non-hydrogen) atoms. The van der Waals surface area contributed by atoms with Crippen LogP contribution in [0, 0.1) is 0 Å². The number of carbonyl (C=O) groups is 1. The van der Waals surface area contributed by atoms with Crippen LogP contribution in [0.25, 0.3) is 10.9 Å². The summed E-state index contributed by atoms with van der Waals surface area (Å²) in [6, 6.07) is 22.0. The summed E-state index contributed by atoms with van der Waals surface area (Å²) in [5.41, 5.74) is 3.94. The molecule has 0 unspecified atom stereocenters. The number of nitrogens with zero attached hydrogens (tertiary/aromatic N) is 1. The molecule has 0 radical (unpaired) electrons. The van der Waals surface area contributed by atoms with E-state index in [1.165, 1.54) is 0 Å². The molecule has 2 atom stereocenters. The van der Waals surface area contributed by atoms with Crippen LogP contribution in [-0.4, -0.2) is 52.1 Å². The monoisotopic (exact) mass is 506 g/mol. The maximum absolute atomic E-state index is 13.3. The number of hydrogen-bond acceptors (Lipinski definition) is 5. The molecule has 5 rings (SSSR count). The molecule has 8 heteroatoms. The first-order chi connectivity index (χ1) is 17.5. The number of amides is 1. The highest BCUT2D eigenvalue weighted by molar-refractivity contribution is 6.31. The van der Waals surface area contributed by atoms with Crippen LogP contribution < -0.4 is 9.47 Å². The number of hydrogen-bond donors (Lipinski definition) is 3. The SMILES string of the molecule is O=C(Oc1ccccc1)N1CCc2c([nH]c3ccc(Cl)cc23)[C@@H]1c1ccc(OCC[C@H](O)CO)cc1. The highest BCUT2D eigenvalue weighted by Crippen LogP contribution is 2.40. The Morgan fingerprint density at radius 3 is 2.61 bits per heavy atom. The van der Waals surface area contributed by atoms with E-state index < -0.39 is 12.2 Å². The number of rotatable bonds is 7. The molecule has 1 aromatic heterocycles. The summed E-state index contributed by atoms with van der Waals surface area (Å²) in [6.07, 6.45) is -0.220. The van der Waals surface area contributed by atoms with E-state index in [0.717, 1.165) is 27.7 Å². The van der Waals surface area contributed by atoms with Crippen molar-refractivity contribution in [3.8, 4) is 11.5 Å². The van der Waals surface area contributed by atoms with Crippen LogP contribution >= 0.6 is 11.6 Å². The Morgan fingerprint density at radius 2 is 1.86 bits per heavy atom. The van der Waals surface area contributed by atoms with Crippen LogP contribution in [0.3, 0.4) is 0 Å². The first kappa shape index (κ1) is 24.2. The highest BCUT2D eigenvalue weighted by Gasteiger charge is 2.35. The summed E-state index contributed by atoms with van der Waals surface area (Å²) in [7, 11) is 0. The molecule has 0 saturated carbocycles. The smallest absolute Gasteiger partial charge is 0.416 e. The van der Waals surface area contributed by atoms with Gasteiger partial charge in [-0.25, -0.2) is 4.79 Å². The van der Waals surface area contributed by atoms with Gasteiger partial charge in [0.1, 0.15) is 17.5 Å². The van der Waals surface area contributed by atoms with Crippen LogP contribution in [-0.2, 0) is 6.42 Å². The summed E-state index contributed by atoms with van der Waals surface area (Å²) < 4.78 is 11.4. The van der Waals surface area contributed by atoms with E-state index in [2.05, 4.69) is 4.98 Å². The van der Waals surface area contributed by atoms with Gasteiger partial charge in [0.05, 0.1) is 19.3 Å². The fourth-order valence-corrected chi connectivity index (χ4v) is 4.77. The standard InChI is InChI=1S/C28H27ClN2O5/c29-19-8-11-25-24(16-19)23-12-14-31(28(34)36-22-4-2-1-3-5-22)27(26(23)30-25)18-6-9-21(10-7-18)35-15-13-20(33)17-32/h1-11,16,20,27,30,32-33H,12-15,17H2/t20-,27-/m0/s1. The van der Waals surface area contributed by atoms with Gasteiger partial charge in [-0.1, -0.05) is 41.9 Å². The largest absolute Gasteiger partial charge is 0.493 e. The van der Waals surface area contributed by atoms with Crippen LogP contribution in [0.1, 0.15) is 29.3 Å². The molecule has 1 aliphatic rings. The number of aliphatic hydroxyl groups is 2. The Kier molecular flexibility index (Phi) is 7.13. The van der Waals surface area contributed by atoms with Gasteiger partial charge in [0.15, 0.2) is 0 Å². The minimum absolute atomic E-state index is 0.285. The minimum Gasteiger partial charge on any atom is -0.493 e. The molecule has 1 aliphatic heterocycles. The van der Waals surface area contributed by atoms with E-state index in [0.29, 0.717) is 35.9 Å². The number of carbonyl (C=O) groups excluding carboxylic acids is 1. The molecule has 3 N–H and O–H groups in total. The van der Waals surface area contributed by atoms with Gasteiger partial charge >= 0.3 is 6.09 Å². The molecular weight excluding hydrogens is 480 g/mol. The third-order valence-corrected chi connectivity index (χ3v) is 6.63. The fraction of sp³-hybridized carbons (Fsp3) is 0.250. The van der Waals surface area contributed by atoms with Crippen molar-refractivity contribution in [1.82, 2.24) is 9.88 Å². The lowest BCUT2D eigenvalue weighted by atomic mass is 9.92. The van der Waals surface area contributed by atoms with Gasteiger partial charge in [0, 0.05) is 34.6 Å². The third-order valence-electron chi connectivity index (χ3n) is 6.40. The van der Waals surface area contributed by atoms with Gasteiger partial charge in [-0.15, -0.1) is 0 Å². The van der Waals surface area contributed by atoms with Gasteiger partial charge in [-0.05, 0) is 60.0 Å². The van der Waals surface area contributed by atoms with Gasteiger partial charge in [-0.3, -0.25) is 4.90 Å². The van der Waals surface area contributed by atoms with Gasteiger partial charge < -0.3 is 24.7 Å². The lowest BCUT2D eigenvalue weighted by Gasteiger charge is -2.35. The number of aliphatic hydroxyl groups excluding tert-OH is 2. The molecule has 7 nitrogen and oxygen atoms in total. The van der Waals surface area contributed by atoms with Crippen molar-refractivity contribution < 1.29 is 24.5 Å². The molecule has 0 fully saturated rings. The Labute approximate surface area is 213 Å². The number of benzene rings is 3. The molecular formula is C28H27ClN2O5. The molecule has 0 bridgehead atoms. The summed E-state index contributed by atoms with van der Waals surface area (Å²) in [4.78, 5) is 18.6. The zero-order chi connectivity index (χ0) is 25.1. The van der Waals surface area contributed by atoms with E-state index in [9.17, 15) is 9.90 Å². The summed E-state index contributed by atoms with van der Waals surface area (Å²) in [6.45, 7) is 0.476. The predicted octanol–water partition coefficient (Wildman–Crippen LogP) is 5.09. The average molecular weight is 507 g/mol. The second-order valence-corrected chi connectivity index (χ2v) is 9.21. The number of fused-ring (bicyclic) bond motifs is 3. The maximum atomic E-state index is 13.3.